The molecule has 0 bridgehead atoms. The molecule has 4 nitrogen and oxygen atoms in total. The summed E-state index contributed by atoms with van der Waals surface area (Å²) in [4.78, 5) is 14.1. The van der Waals surface area contributed by atoms with Crippen LogP contribution in [0, 0.1) is 31.9 Å². The first-order valence-electron chi connectivity index (χ1n) is 23.9. The fourth-order valence-electron chi connectivity index (χ4n) is 9.68. The zero-order chi connectivity index (χ0) is 46.0. The van der Waals surface area contributed by atoms with Crippen molar-refractivity contribution >= 4 is 35.2 Å². The molecule has 5 aromatic carbocycles. The molecule has 1 atom stereocenters. The third kappa shape index (κ3) is 10.5. The van der Waals surface area contributed by atoms with Crippen molar-refractivity contribution in [2.75, 3.05) is 0 Å². The first-order valence-corrected chi connectivity index (χ1v) is 27.4. The van der Waals surface area contributed by atoms with Crippen LogP contribution < -0.4 is 5.19 Å². The van der Waals surface area contributed by atoms with Gasteiger partial charge < -0.3 is 14.4 Å². The molecule has 4 heterocycles. The fraction of sp³-hybridized carbons (Fsp3) is 0.262. The summed E-state index contributed by atoms with van der Waals surface area (Å²) in [7, 11) is -1.45. The topological polar surface area (TPSA) is 51.8 Å². The molecule has 1 aliphatic rings. The van der Waals surface area contributed by atoms with Gasteiger partial charge in [-0.1, -0.05) is 166 Å². The summed E-state index contributed by atoms with van der Waals surface area (Å²) in [6, 6.07) is 54.1. The third-order valence-corrected chi connectivity index (χ3v) is 15.6. The maximum atomic E-state index is 6.73. The van der Waals surface area contributed by atoms with Gasteiger partial charge in [-0.2, -0.15) is 0 Å². The minimum Gasteiger partial charge on any atom is -0.500 e. The smallest absolute Gasteiger partial charge is 0.128 e. The van der Waals surface area contributed by atoms with Crippen LogP contribution >= 0.6 is 0 Å². The second-order valence-corrected chi connectivity index (χ2v) is 24.7. The number of benzene rings is 5. The van der Waals surface area contributed by atoms with Crippen LogP contribution in [0.3, 0.4) is 0 Å². The summed E-state index contributed by atoms with van der Waals surface area (Å²) < 4.78 is 6.73. The fourth-order valence-corrected chi connectivity index (χ4v) is 11.3. The van der Waals surface area contributed by atoms with Crippen molar-refractivity contribution in [1.82, 2.24) is 15.0 Å². The molecular formula is C61H61IrN3OSi-2. The van der Waals surface area contributed by atoms with E-state index < -0.39 is 8.07 Å². The SMILES string of the molecule is Cc1cc(-c2c[c-]c(-c3cc(C(C)C(C)C)c([Si](C)(C)C)cn3)cc2)cc(C)n1.[Ir].[c-]1ccc2c(oc3c(-c4ccccc4)cc(-c4ccccc4)cc32)c1-c1cc(C2CCCCC2)ccn1. The van der Waals surface area contributed by atoms with E-state index in [0.29, 0.717) is 17.8 Å². The number of pyridine rings is 3. The van der Waals surface area contributed by atoms with Crippen LogP contribution in [-0.2, 0) is 20.1 Å². The van der Waals surface area contributed by atoms with E-state index >= 15 is 0 Å². The Morgan fingerprint density at radius 3 is 1.97 bits per heavy atom. The largest absolute Gasteiger partial charge is 0.500 e. The van der Waals surface area contributed by atoms with Gasteiger partial charge in [0.2, 0.25) is 0 Å². The molecule has 67 heavy (non-hydrogen) atoms. The summed E-state index contributed by atoms with van der Waals surface area (Å²) in [6.07, 6.45) is 10.6. The number of rotatable bonds is 9. The Bertz CT molecular complexity index is 3090. The molecule has 1 unspecified atom stereocenters. The maximum Gasteiger partial charge on any atom is 0.128 e. The monoisotopic (exact) mass is 1070 g/mol. The van der Waals surface area contributed by atoms with Gasteiger partial charge in [0, 0.05) is 54.8 Å². The molecular weight excluding hydrogens is 1010 g/mol. The van der Waals surface area contributed by atoms with E-state index in [1.54, 1.807) is 0 Å². The second-order valence-electron chi connectivity index (χ2n) is 19.7. The molecule has 4 aromatic heterocycles. The Labute approximate surface area is 412 Å². The van der Waals surface area contributed by atoms with Crippen LogP contribution in [0.4, 0.5) is 0 Å². The van der Waals surface area contributed by atoms with E-state index in [4.69, 9.17) is 14.4 Å². The summed E-state index contributed by atoms with van der Waals surface area (Å²) in [5.74, 6) is 1.74. The first kappa shape index (κ1) is 47.7. The standard InChI is InChI=1S/C35H28NO.C26H33N2Si.Ir/c1-4-11-24(12-5-1)27-19-20-36-33(23-27)30-18-10-17-29-32-22-28(25-13-6-2-7-14-25)21-31(35(32)37-34(29)30)26-15-8-3-9-16-26;1-17(2)20(5)24-15-25(27-16-26(24)29(6,7)8)22-11-9-21(10-12-22)23-13-18(3)28-19(4)14-23;/h2-3,6-10,13-17,19-24H,1,4-5,11-12H2;9-11,13-17,20H,1-8H3;/q2*-1;. The summed E-state index contributed by atoms with van der Waals surface area (Å²) in [5.41, 5.74) is 17.6. The van der Waals surface area contributed by atoms with Crippen molar-refractivity contribution in [2.24, 2.45) is 5.92 Å². The van der Waals surface area contributed by atoms with Gasteiger partial charge in [0.25, 0.3) is 0 Å². The van der Waals surface area contributed by atoms with Gasteiger partial charge >= 0.3 is 0 Å². The molecule has 0 saturated heterocycles. The normalized spacial score (nSPS) is 13.6. The third-order valence-electron chi connectivity index (χ3n) is 13.6. The number of hydrogen-bond donors (Lipinski definition) is 0. The minimum atomic E-state index is -1.45. The van der Waals surface area contributed by atoms with Gasteiger partial charge in [0.05, 0.1) is 13.7 Å². The number of nitrogens with zero attached hydrogens (tertiary/aromatic N) is 3. The van der Waals surface area contributed by atoms with Gasteiger partial charge in [-0.25, -0.2) is 0 Å². The molecule has 1 aliphatic carbocycles. The van der Waals surface area contributed by atoms with E-state index in [-0.39, 0.29) is 20.1 Å². The number of furan rings is 1. The second kappa shape index (κ2) is 20.6. The van der Waals surface area contributed by atoms with Crippen molar-refractivity contribution in [3.8, 4) is 55.9 Å². The molecule has 1 fully saturated rings. The molecule has 1 radical (unpaired) electrons. The molecule has 0 spiro atoms. The summed E-state index contributed by atoms with van der Waals surface area (Å²) >= 11 is 0. The van der Waals surface area contributed by atoms with Crippen LogP contribution in [0.15, 0.2) is 150 Å². The number of hydrogen-bond acceptors (Lipinski definition) is 4. The molecule has 10 rings (SSSR count). The van der Waals surface area contributed by atoms with Gasteiger partial charge in [-0.3, -0.25) is 4.98 Å². The Morgan fingerprint density at radius 2 is 1.31 bits per heavy atom. The molecule has 6 heteroatoms. The summed E-state index contributed by atoms with van der Waals surface area (Å²) in [5, 5.41) is 3.69. The first-order chi connectivity index (χ1) is 31.9. The van der Waals surface area contributed by atoms with E-state index in [1.807, 2.05) is 26.1 Å². The summed E-state index contributed by atoms with van der Waals surface area (Å²) in [6.45, 7) is 18.2. The van der Waals surface area contributed by atoms with Crippen LogP contribution in [0.1, 0.15) is 87.2 Å². The molecule has 341 valence electrons. The Kier molecular flexibility index (Phi) is 14.7. The van der Waals surface area contributed by atoms with Crippen molar-refractivity contribution in [3.63, 3.8) is 0 Å². The van der Waals surface area contributed by atoms with Crippen molar-refractivity contribution in [1.29, 1.82) is 0 Å². The Hall–Kier alpha value is -5.78. The van der Waals surface area contributed by atoms with Crippen LogP contribution in [-0.4, -0.2) is 23.0 Å². The minimum absolute atomic E-state index is 0. The zero-order valence-electron chi connectivity index (χ0n) is 40.2. The molecule has 9 aromatic rings. The zero-order valence-corrected chi connectivity index (χ0v) is 43.6. The predicted octanol–water partition coefficient (Wildman–Crippen LogP) is 16.4. The molecule has 0 aliphatic heterocycles. The predicted molar refractivity (Wildman–Crippen MR) is 280 cm³/mol. The van der Waals surface area contributed by atoms with Crippen LogP contribution in [0.2, 0.25) is 19.6 Å². The van der Waals surface area contributed by atoms with Gasteiger partial charge in [-0.05, 0) is 108 Å². The van der Waals surface area contributed by atoms with Gasteiger partial charge in [0.15, 0.2) is 0 Å². The average Bonchev–Trinajstić information content (AvgIpc) is 3.73. The number of fused-ring (bicyclic) bond motifs is 3. The van der Waals surface area contributed by atoms with E-state index in [9.17, 15) is 0 Å². The van der Waals surface area contributed by atoms with Crippen LogP contribution in [0.25, 0.3) is 77.8 Å². The quantitative estimate of drug-likeness (QED) is 0.107. The van der Waals surface area contributed by atoms with E-state index in [2.05, 4.69) is 191 Å². The van der Waals surface area contributed by atoms with Gasteiger partial charge in [0.1, 0.15) is 5.58 Å². The number of aryl methyl sites for hydroxylation is 2. The maximum absolute atomic E-state index is 6.73. The van der Waals surface area contributed by atoms with E-state index in [0.717, 1.165) is 72.5 Å². The van der Waals surface area contributed by atoms with Crippen molar-refractivity contribution in [2.45, 2.75) is 98.2 Å². The average molecular weight is 1070 g/mol. The van der Waals surface area contributed by atoms with Crippen LogP contribution in [0.5, 0.6) is 0 Å². The van der Waals surface area contributed by atoms with Crippen molar-refractivity contribution < 1.29 is 24.5 Å². The Morgan fingerprint density at radius 1 is 0.627 bits per heavy atom. The van der Waals surface area contributed by atoms with Crippen molar-refractivity contribution in [3.05, 3.63) is 181 Å². The number of aromatic nitrogens is 3. The van der Waals surface area contributed by atoms with E-state index in [1.165, 1.54) is 65.1 Å². The molecule has 1 saturated carbocycles. The Balaban J connectivity index is 0.000000185. The van der Waals surface area contributed by atoms with Gasteiger partial charge in [-0.15, -0.1) is 48.0 Å². The molecule has 0 N–H and O–H groups in total. The molecule has 0 amide bonds.